The van der Waals surface area contributed by atoms with Crippen LogP contribution in [0.1, 0.15) is 32.5 Å². The van der Waals surface area contributed by atoms with Crippen LogP contribution in [0, 0.1) is 5.92 Å². The molecule has 0 bridgehead atoms. The Morgan fingerprint density at radius 1 is 1.29 bits per heavy atom. The fourth-order valence-electron chi connectivity index (χ4n) is 3.23. The Hall–Kier alpha value is -1.55. The first-order chi connectivity index (χ1) is 10.2. The second-order valence-corrected chi connectivity index (χ2v) is 6.32. The van der Waals surface area contributed by atoms with Gasteiger partial charge in [-0.05, 0) is 57.8 Å². The van der Waals surface area contributed by atoms with Crippen molar-refractivity contribution in [3.05, 3.63) is 30.4 Å². The summed E-state index contributed by atoms with van der Waals surface area (Å²) < 4.78 is 7.50. The van der Waals surface area contributed by atoms with E-state index in [1.54, 1.807) is 7.11 Å². The number of rotatable bonds is 4. The third kappa shape index (κ3) is 3.05. The van der Waals surface area contributed by atoms with Crippen LogP contribution in [-0.4, -0.2) is 40.5 Å². The van der Waals surface area contributed by atoms with Crippen LogP contribution in [0.4, 0.5) is 0 Å². The molecule has 0 amide bonds. The van der Waals surface area contributed by atoms with Gasteiger partial charge in [0.05, 0.1) is 25.0 Å². The fourth-order valence-corrected chi connectivity index (χ4v) is 3.23. The number of likely N-dealkylation sites (tertiary alicyclic amines) is 1. The average molecular weight is 287 g/mol. The standard InChI is InChI=1S/C17H25N3O/c1-13(2)19-8-6-14(7-9-19)10-17-18-11-15-4-5-16(21-3)12-20(15)17/h4-5,11-14H,6-10H2,1-3H3. The summed E-state index contributed by atoms with van der Waals surface area (Å²) in [4.78, 5) is 7.19. The van der Waals surface area contributed by atoms with Gasteiger partial charge in [-0.15, -0.1) is 0 Å². The second kappa shape index (κ2) is 6.06. The van der Waals surface area contributed by atoms with E-state index in [2.05, 4.69) is 34.2 Å². The topological polar surface area (TPSA) is 29.8 Å². The molecule has 3 heterocycles. The maximum absolute atomic E-state index is 5.32. The molecule has 0 aromatic carbocycles. The minimum absolute atomic E-state index is 0.669. The molecule has 2 aromatic heterocycles. The lowest BCUT2D eigenvalue weighted by Gasteiger charge is -2.34. The number of hydrogen-bond donors (Lipinski definition) is 0. The molecule has 3 rings (SSSR count). The summed E-state index contributed by atoms with van der Waals surface area (Å²) in [5.41, 5.74) is 1.14. The zero-order valence-electron chi connectivity index (χ0n) is 13.2. The first-order valence-electron chi connectivity index (χ1n) is 7.91. The minimum Gasteiger partial charge on any atom is -0.495 e. The molecule has 4 heteroatoms. The van der Waals surface area contributed by atoms with Crippen molar-refractivity contribution in [2.75, 3.05) is 20.2 Å². The van der Waals surface area contributed by atoms with Gasteiger partial charge in [0.2, 0.25) is 0 Å². The highest BCUT2D eigenvalue weighted by Gasteiger charge is 2.22. The molecule has 0 radical (unpaired) electrons. The number of methoxy groups -OCH3 is 1. The lowest BCUT2D eigenvalue weighted by Crippen LogP contribution is -2.38. The van der Waals surface area contributed by atoms with Crippen molar-refractivity contribution in [3.63, 3.8) is 0 Å². The number of fused-ring (bicyclic) bond motifs is 1. The summed E-state index contributed by atoms with van der Waals surface area (Å²) in [7, 11) is 1.71. The van der Waals surface area contributed by atoms with Crippen molar-refractivity contribution >= 4 is 5.52 Å². The summed E-state index contributed by atoms with van der Waals surface area (Å²) in [5.74, 6) is 2.79. The molecule has 21 heavy (non-hydrogen) atoms. The van der Waals surface area contributed by atoms with Crippen molar-refractivity contribution in [2.24, 2.45) is 5.92 Å². The van der Waals surface area contributed by atoms with E-state index in [-0.39, 0.29) is 0 Å². The molecule has 114 valence electrons. The number of hydrogen-bond acceptors (Lipinski definition) is 3. The van der Waals surface area contributed by atoms with Gasteiger partial charge in [0.25, 0.3) is 0 Å². The third-order valence-corrected chi connectivity index (χ3v) is 4.66. The average Bonchev–Trinajstić information content (AvgIpc) is 2.90. The second-order valence-electron chi connectivity index (χ2n) is 6.32. The van der Waals surface area contributed by atoms with E-state index in [4.69, 9.17) is 4.74 Å². The van der Waals surface area contributed by atoms with E-state index in [0.29, 0.717) is 6.04 Å². The number of imidazole rings is 1. The van der Waals surface area contributed by atoms with Crippen molar-refractivity contribution in [1.29, 1.82) is 0 Å². The van der Waals surface area contributed by atoms with Crippen LogP contribution in [0.25, 0.3) is 5.52 Å². The highest BCUT2D eigenvalue weighted by atomic mass is 16.5. The van der Waals surface area contributed by atoms with Gasteiger partial charge in [-0.1, -0.05) is 0 Å². The predicted octanol–water partition coefficient (Wildman–Crippen LogP) is 3.01. The molecule has 4 nitrogen and oxygen atoms in total. The van der Waals surface area contributed by atoms with Crippen molar-refractivity contribution < 1.29 is 4.74 Å². The van der Waals surface area contributed by atoms with Crippen molar-refractivity contribution in [1.82, 2.24) is 14.3 Å². The van der Waals surface area contributed by atoms with Crippen molar-refractivity contribution in [3.8, 4) is 5.75 Å². The highest BCUT2D eigenvalue weighted by Crippen LogP contribution is 2.23. The Morgan fingerprint density at radius 3 is 2.71 bits per heavy atom. The fraction of sp³-hybridized carbons (Fsp3) is 0.588. The Labute approximate surface area is 126 Å². The summed E-state index contributed by atoms with van der Waals surface area (Å²) in [6.07, 6.45) is 7.61. The number of piperidine rings is 1. The van der Waals surface area contributed by atoms with Gasteiger partial charge in [0, 0.05) is 12.5 Å². The Morgan fingerprint density at radius 2 is 2.05 bits per heavy atom. The van der Waals surface area contributed by atoms with E-state index in [9.17, 15) is 0 Å². The SMILES string of the molecule is COc1ccc2cnc(CC3CCN(C(C)C)CC3)n2c1. The lowest BCUT2D eigenvalue weighted by molar-refractivity contribution is 0.148. The number of nitrogens with zero attached hydrogens (tertiary/aromatic N) is 3. The van der Waals surface area contributed by atoms with E-state index in [1.165, 1.54) is 25.9 Å². The molecule has 0 N–H and O–H groups in total. The molecule has 0 saturated carbocycles. The highest BCUT2D eigenvalue weighted by molar-refractivity contribution is 5.48. The summed E-state index contributed by atoms with van der Waals surface area (Å²) >= 11 is 0. The molecule has 1 aliphatic heterocycles. The molecule has 0 spiro atoms. The van der Waals surface area contributed by atoms with Crippen LogP contribution in [0.3, 0.4) is 0 Å². The molecule has 0 atom stereocenters. The third-order valence-electron chi connectivity index (χ3n) is 4.66. The van der Waals surface area contributed by atoms with E-state index < -0.39 is 0 Å². The Bertz CT molecular complexity index is 597. The number of ether oxygens (including phenoxy) is 1. The summed E-state index contributed by atoms with van der Waals surface area (Å²) in [5, 5.41) is 0. The summed E-state index contributed by atoms with van der Waals surface area (Å²) in [6.45, 7) is 7.01. The van der Waals surface area contributed by atoms with E-state index >= 15 is 0 Å². The van der Waals surface area contributed by atoms with Gasteiger partial charge in [-0.2, -0.15) is 0 Å². The maximum Gasteiger partial charge on any atom is 0.135 e. The van der Waals surface area contributed by atoms with Gasteiger partial charge in [0.1, 0.15) is 11.6 Å². The lowest BCUT2D eigenvalue weighted by atomic mass is 9.92. The van der Waals surface area contributed by atoms with E-state index in [0.717, 1.165) is 29.4 Å². The Kier molecular flexibility index (Phi) is 4.15. The van der Waals surface area contributed by atoms with E-state index in [1.807, 2.05) is 18.5 Å². The molecular weight excluding hydrogens is 262 g/mol. The van der Waals surface area contributed by atoms with Crippen molar-refractivity contribution in [2.45, 2.75) is 39.2 Å². The molecule has 1 saturated heterocycles. The summed E-state index contributed by atoms with van der Waals surface area (Å²) in [6, 6.07) is 4.72. The van der Waals surface area contributed by atoms with Crippen LogP contribution < -0.4 is 4.74 Å². The molecule has 0 aliphatic carbocycles. The number of pyridine rings is 1. The minimum atomic E-state index is 0.669. The number of aromatic nitrogens is 2. The van der Waals surface area contributed by atoms with Crippen LogP contribution in [-0.2, 0) is 6.42 Å². The molecule has 2 aromatic rings. The molecule has 0 unspecified atom stereocenters. The van der Waals surface area contributed by atoms with Crippen LogP contribution in [0.15, 0.2) is 24.5 Å². The van der Waals surface area contributed by atoms with Gasteiger partial charge in [-0.25, -0.2) is 4.98 Å². The zero-order chi connectivity index (χ0) is 14.8. The molecule has 1 aliphatic rings. The first-order valence-corrected chi connectivity index (χ1v) is 7.91. The van der Waals surface area contributed by atoms with Crippen LogP contribution >= 0.6 is 0 Å². The first kappa shape index (κ1) is 14.4. The largest absolute Gasteiger partial charge is 0.495 e. The normalized spacial score (nSPS) is 17.7. The zero-order valence-corrected chi connectivity index (χ0v) is 13.2. The van der Waals surface area contributed by atoms with Gasteiger partial charge in [0.15, 0.2) is 0 Å². The van der Waals surface area contributed by atoms with Gasteiger partial charge < -0.3 is 14.0 Å². The maximum atomic E-state index is 5.32. The molecular formula is C17H25N3O. The monoisotopic (exact) mass is 287 g/mol. The quantitative estimate of drug-likeness (QED) is 0.866. The predicted molar refractivity (Wildman–Crippen MR) is 84.9 cm³/mol. The molecule has 1 fully saturated rings. The Balaban J connectivity index is 1.71. The van der Waals surface area contributed by atoms with Crippen LogP contribution in [0.5, 0.6) is 5.75 Å². The van der Waals surface area contributed by atoms with Gasteiger partial charge >= 0.3 is 0 Å². The van der Waals surface area contributed by atoms with Gasteiger partial charge in [-0.3, -0.25) is 0 Å². The smallest absolute Gasteiger partial charge is 0.135 e. The van der Waals surface area contributed by atoms with Crippen LogP contribution in [0.2, 0.25) is 0 Å².